The Labute approximate surface area is 35.9 Å². The fraction of sp³-hybridized carbons (Fsp3) is 1.00. The number of halogens is 1. The van der Waals surface area contributed by atoms with Crippen molar-refractivity contribution in [1.29, 1.82) is 0 Å². The van der Waals surface area contributed by atoms with Crippen LogP contribution in [0, 0.1) is 0 Å². The molecule has 1 fully saturated rings. The van der Waals surface area contributed by atoms with Gasteiger partial charge < -0.3 is 4.74 Å². The van der Waals surface area contributed by atoms with E-state index in [-0.39, 0.29) is 5.56 Å². The van der Waals surface area contributed by atoms with E-state index in [2.05, 4.69) is 0 Å². The minimum absolute atomic E-state index is 0.0370. The molecule has 0 aromatic heterocycles. The van der Waals surface area contributed by atoms with Crippen molar-refractivity contribution in [3.8, 4) is 0 Å². The van der Waals surface area contributed by atoms with E-state index in [1.54, 1.807) is 0 Å². The van der Waals surface area contributed by atoms with Crippen LogP contribution in [-0.4, -0.2) is 12.2 Å². The lowest BCUT2D eigenvalue weighted by Gasteiger charge is -2.18. The highest BCUT2D eigenvalue weighted by molar-refractivity contribution is 6.20. The molecule has 0 amide bonds. The molecule has 0 radical (unpaired) electrons. The van der Waals surface area contributed by atoms with Crippen LogP contribution in [0.5, 0.6) is 0 Å². The summed E-state index contributed by atoms with van der Waals surface area (Å²) in [7, 11) is 0. The summed E-state index contributed by atoms with van der Waals surface area (Å²) in [4.78, 5) is 0. The highest BCUT2D eigenvalue weighted by atomic mass is 35.5. The first kappa shape index (κ1) is 3.44. The van der Waals surface area contributed by atoms with Gasteiger partial charge in [0.05, 0.1) is 6.61 Å². The van der Waals surface area contributed by atoms with Gasteiger partial charge in [-0.2, -0.15) is 0 Å². The minimum Gasteiger partial charge on any atom is -0.362 e. The van der Waals surface area contributed by atoms with E-state index in [1.807, 2.05) is 0 Å². The van der Waals surface area contributed by atoms with Crippen LogP contribution in [-0.2, 0) is 4.74 Å². The standard InChI is InChI=1S/C3H5ClO/c4-3-1-2-5-3/h3H,1-2H2/t3-/m0/s1. The molecule has 1 heterocycles. The molecule has 1 atom stereocenters. The zero-order valence-electron chi connectivity index (χ0n) is 2.78. The van der Waals surface area contributed by atoms with Crippen LogP contribution >= 0.6 is 11.6 Å². The average molecular weight is 92.5 g/mol. The summed E-state index contributed by atoms with van der Waals surface area (Å²) in [6.45, 7) is 0.855. The van der Waals surface area contributed by atoms with Crippen molar-refractivity contribution in [1.82, 2.24) is 0 Å². The van der Waals surface area contributed by atoms with Crippen molar-refractivity contribution in [2.75, 3.05) is 6.61 Å². The predicted molar refractivity (Wildman–Crippen MR) is 20.2 cm³/mol. The Bertz CT molecular complexity index is 33.9. The summed E-state index contributed by atoms with van der Waals surface area (Å²) < 4.78 is 4.70. The molecule has 0 spiro atoms. The van der Waals surface area contributed by atoms with Gasteiger partial charge in [-0.1, -0.05) is 11.6 Å². The van der Waals surface area contributed by atoms with Crippen LogP contribution in [0.2, 0.25) is 0 Å². The van der Waals surface area contributed by atoms with Crippen LogP contribution < -0.4 is 0 Å². The second-order valence-corrected chi connectivity index (χ2v) is 1.56. The maximum Gasteiger partial charge on any atom is 0.133 e. The Hall–Kier alpha value is 0.250. The third-order valence-electron chi connectivity index (χ3n) is 0.644. The van der Waals surface area contributed by atoms with E-state index < -0.39 is 0 Å². The summed E-state index contributed by atoms with van der Waals surface area (Å²) in [6.07, 6.45) is 1.03. The predicted octanol–water partition coefficient (Wildman–Crippen LogP) is 0.972. The Balaban J connectivity index is 2.08. The van der Waals surface area contributed by atoms with Crippen molar-refractivity contribution in [2.45, 2.75) is 12.0 Å². The normalized spacial score (nSPS) is 36.6. The van der Waals surface area contributed by atoms with Crippen LogP contribution in [0.4, 0.5) is 0 Å². The largest absolute Gasteiger partial charge is 0.362 e. The molecule has 30 valence electrons. The van der Waals surface area contributed by atoms with E-state index in [0.717, 1.165) is 13.0 Å². The molecule has 0 bridgehead atoms. The first-order valence-corrected chi connectivity index (χ1v) is 2.09. The van der Waals surface area contributed by atoms with Crippen LogP contribution in [0.15, 0.2) is 0 Å². The molecule has 0 N–H and O–H groups in total. The molecule has 1 nitrogen and oxygen atoms in total. The summed E-state index contributed by atoms with van der Waals surface area (Å²) in [5, 5.41) is 0. The Morgan fingerprint density at radius 2 is 2.20 bits per heavy atom. The minimum atomic E-state index is 0.0370. The molecule has 1 rings (SSSR count). The number of rotatable bonds is 0. The van der Waals surface area contributed by atoms with Crippen LogP contribution in [0.1, 0.15) is 6.42 Å². The monoisotopic (exact) mass is 92.0 g/mol. The summed E-state index contributed by atoms with van der Waals surface area (Å²) >= 11 is 5.33. The number of ether oxygens (including phenoxy) is 1. The van der Waals surface area contributed by atoms with Crippen molar-refractivity contribution in [2.24, 2.45) is 0 Å². The van der Waals surface area contributed by atoms with Crippen molar-refractivity contribution < 1.29 is 4.74 Å². The number of alkyl halides is 1. The molecule has 0 aromatic carbocycles. The number of hydrogen-bond donors (Lipinski definition) is 0. The van der Waals surface area contributed by atoms with Crippen molar-refractivity contribution in [3.63, 3.8) is 0 Å². The van der Waals surface area contributed by atoms with Gasteiger partial charge in [0.25, 0.3) is 0 Å². The molecule has 0 aromatic rings. The summed E-state index contributed by atoms with van der Waals surface area (Å²) in [5.74, 6) is 0. The quantitative estimate of drug-likeness (QED) is 0.405. The molecule has 2 heteroatoms. The fourth-order valence-corrected chi connectivity index (χ4v) is 0.385. The maximum absolute atomic E-state index is 5.33. The molecule has 1 saturated heterocycles. The molecule has 5 heavy (non-hydrogen) atoms. The molecule has 0 unspecified atom stereocenters. The fourth-order valence-electron chi connectivity index (χ4n) is 0.207. The lowest BCUT2D eigenvalue weighted by molar-refractivity contribution is 0.00443. The van der Waals surface area contributed by atoms with Gasteiger partial charge in [0, 0.05) is 6.42 Å². The van der Waals surface area contributed by atoms with Gasteiger partial charge in [-0.05, 0) is 0 Å². The molecular formula is C3H5ClO. The van der Waals surface area contributed by atoms with E-state index in [0.29, 0.717) is 0 Å². The van der Waals surface area contributed by atoms with E-state index in [9.17, 15) is 0 Å². The number of hydrogen-bond acceptors (Lipinski definition) is 1. The second kappa shape index (κ2) is 1.15. The van der Waals surface area contributed by atoms with Crippen LogP contribution in [0.25, 0.3) is 0 Å². The first-order chi connectivity index (χ1) is 2.39. The molecule has 1 aliphatic heterocycles. The second-order valence-electron chi connectivity index (χ2n) is 1.07. The summed E-state index contributed by atoms with van der Waals surface area (Å²) in [6, 6.07) is 0. The van der Waals surface area contributed by atoms with E-state index >= 15 is 0 Å². The Morgan fingerprint density at radius 3 is 2.20 bits per heavy atom. The molecule has 1 aliphatic rings. The van der Waals surface area contributed by atoms with Gasteiger partial charge in [0.15, 0.2) is 0 Å². The highest BCUT2D eigenvalue weighted by Crippen LogP contribution is 2.13. The molecular weight excluding hydrogens is 87.5 g/mol. The highest BCUT2D eigenvalue weighted by Gasteiger charge is 2.12. The lowest BCUT2D eigenvalue weighted by atomic mass is 10.4. The average Bonchev–Trinajstić information content (AvgIpc) is 1.30. The van der Waals surface area contributed by atoms with Crippen molar-refractivity contribution in [3.05, 3.63) is 0 Å². The third-order valence-corrected chi connectivity index (χ3v) is 0.988. The Kier molecular flexibility index (Phi) is 0.791. The maximum atomic E-state index is 5.33. The van der Waals surface area contributed by atoms with Crippen molar-refractivity contribution >= 4 is 11.6 Å². The van der Waals surface area contributed by atoms with Gasteiger partial charge in [-0.3, -0.25) is 0 Å². The van der Waals surface area contributed by atoms with Gasteiger partial charge in [0.1, 0.15) is 5.56 Å². The smallest absolute Gasteiger partial charge is 0.133 e. The third kappa shape index (κ3) is 0.551. The van der Waals surface area contributed by atoms with Gasteiger partial charge in [-0.15, -0.1) is 0 Å². The van der Waals surface area contributed by atoms with Crippen LogP contribution in [0.3, 0.4) is 0 Å². The zero-order valence-corrected chi connectivity index (χ0v) is 3.53. The topological polar surface area (TPSA) is 9.23 Å². The lowest BCUT2D eigenvalue weighted by Crippen LogP contribution is -2.19. The summed E-state index contributed by atoms with van der Waals surface area (Å²) in [5.41, 5.74) is 0.0370. The van der Waals surface area contributed by atoms with E-state index in [1.165, 1.54) is 0 Å². The SMILES string of the molecule is Cl[C@@H]1CCO1. The van der Waals surface area contributed by atoms with E-state index in [4.69, 9.17) is 16.3 Å². The zero-order chi connectivity index (χ0) is 3.70. The molecule has 0 saturated carbocycles. The molecule has 0 aliphatic carbocycles. The van der Waals surface area contributed by atoms with Gasteiger partial charge >= 0.3 is 0 Å². The Morgan fingerprint density at radius 1 is 1.80 bits per heavy atom. The van der Waals surface area contributed by atoms with Gasteiger partial charge in [0.2, 0.25) is 0 Å². The first-order valence-electron chi connectivity index (χ1n) is 1.65. The van der Waals surface area contributed by atoms with Gasteiger partial charge in [-0.25, -0.2) is 0 Å².